The van der Waals surface area contributed by atoms with Gasteiger partial charge in [0.25, 0.3) is 0 Å². The summed E-state index contributed by atoms with van der Waals surface area (Å²) in [4.78, 5) is 11.5. The number of phenolic OH excluding ortho intramolecular Hbond substituents is 1. The number of hydrogen-bond acceptors (Lipinski definition) is 5. The highest BCUT2D eigenvalue weighted by atomic mass is 16.6. The van der Waals surface area contributed by atoms with E-state index in [-0.39, 0.29) is 17.5 Å². The van der Waals surface area contributed by atoms with Gasteiger partial charge < -0.3 is 20.3 Å². The molecule has 0 aliphatic carbocycles. The highest BCUT2D eigenvalue weighted by Crippen LogP contribution is 2.21. The molecule has 15 heavy (non-hydrogen) atoms. The summed E-state index contributed by atoms with van der Waals surface area (Å²) in [6.07, 6.45) is -0.160. The first-order valence-electron chi connectivity index (χ1n) is 4.54. The molecule has 0 amide bonds. The van der Waals surface area contributed by atoms with Gasteiger partial charge in [-0.3, -0.25) is 0 Å². The maximum atomic E-state index is 11.5. The van der Waals surface area contributed by atoms with E-state index in [1.165, 1.54) is 18.2 Å². The van der Waals surface area contributed by atoms with Crippen LogP contribution in [-0.4, -0.2) is 30.4 Å². The molecule has 5 nitrogen and oxygen atoms in total. The van der Waals surface area contributed by atoms with Gasteiger partial charge in [-0.2, -0.15) is 0 Å². The topological polar surface area (TPSA) is 81.8 Å². The third-order valence-corrected chi connectivity index (χ3v) is 2.14. The third-order valence-electron chi connectivity index (χ3n) is 2.14. The zero-order valence-corrected chi connectivity index (χ0v) is 7.97. The fourth-order valence-corrected chi connectivity index (χ4v) is 1.18. The number of rotatable bonds is 2. The molecule has 0 radical (unpaired) electrons. The molecule has 2 rings (SSSR count). The summed E-state index contributed by atoms with van der Waals surface area (Å²) in [6.45, 7) is 0.888. The summed E-state index contributed by atoms with van der Waals surface area (Å²) in [5.41, 5.74) is 5.95. The second kappa shape index (κ2) is 3.78. The molecule has 80 valence electrons. The van der Waals surface area contributed by atoms with Crippen molar-refractivity contribution in [2.75, 3.05) is 18.9 Å². The summed E-state index contributed by atoms with van der Waals surface area (Å²) in [7, 11) is 0. The number of carbonyl (C=O) groups excluding carboxylic acids is 1. The van der Waals surface area contributed by atoms with Crippen LogP contribution < -0.4 is 5.73 Å². The molecule has 0 spiro atoms. The van der Waals surface area contributed by atoms with Crippen molar-refractivity contribution in [2.24, 2.45) is 0 Å². The smallest absolute Gasteiger partial charge is 0.338 e. The van der Waals surface area contributed by atoms with Crippen LogP contribution in [0.25, 0.3) is 0 Å². The van der Waals surface area contributed by atoms with E-state index in [1.54, 1.807) is 0 Å². The summed E-state index contributed by atoms with van der Waals surface area (Å²) >= 11 is 0. The Balaban J connectivity index is 2.07. The van der Waals surface area contributed by atoms with Crippen LogP contribution in [0, 0.1) is 0 Å². The Labute approximate surface area is 86.4 Å². The fraction of sp³-hybridized carbons (Fsp3) is 0.300. The Morgan fingerprint density at radius 2 is 2.27 bits per heavy atom. The van der Waals surface area contributed by atoms with Gasteiger partial charge in [-0.15, -0.1) is 0 Å². The number of ether oxygens (including phenoxy) is 2. The van der Waals surface area contributed by atoms with Gasteiger partial charge in [0.15, 0.2) is 0 Å². The van der Waals surface area contributed by atoms with Gasteiger partial charge >= 0.3 is 5.97 Å². The zero-order valence-electron chi connectivity index (χ0n) is 7.97. The summed E-state index contributed by atoms with van der Waals surface area (Å²) in [5.74, 6) is -0.492. The van der Waals surface area contributed by atoms with Crippen molar-refractivity contribution in [3.63, 3.8) is 0 Å². The lowest BCUT2D eigenvalue weighted by molar-refractivity contribution is -0.103. The van der Waals surface area contributed by atoms with Gasteiger partial charge in [-0.25, -0.2) is 4.79 Å². The molecular weight excluding hydrogens is 198 g/mol. The molecule has 1 aromatic rings. The van der Waals surface area contributed by atoms with E-state index in [0.29, 0.717) is 18.8 Å². The molecular formula is C10H11NO4. The van der Waals surface area contributed by atoms with E-state index in [9.17, 15) is 4.79 Å². The predicted molar refractivity (Wildman–Crippen MR) is 52.5 cm³/mol. The SMILES string of the molecule is Nc1cc(C(=O)OC2COC2)ccc1O. The van der Waals surface area contributed by atoms with Crippen LogP contribution in [0.1, 0.15) is 10.4 Å². The van der Waals surface area contributed by atoms with Crippen LogP contribution in [0.15, 0.2) is 18.2 Å². The summed E-state index contributed by atoms with van der Waals surface area (Å²) in [6, 6.07) is 4.22. The fourth-order valence-electron chi connectivity index (χ4n) is 1.18. The zero-order chi connectivity index (χ0) is 10.8. The van der Waals surface area contributed by atoms with E-state index >= 15 is 0 Å². The van der Waals surface area contributed by atoms with E-state index < -0.39 is 5.97 Å². The Morgan fingerprint density at radius 3 is 2.80 bits per heavy atom. The minimum atomic E-state index is -0.449. The number of esters is 1. The van der Waals surface area contributed by atoms with E-state index in [1.807, 2.05) is 0 Å². The molecule has 1 aromatic carbocycles. The molecule has 1 saturated heterocycles. The van der Waals surface area contributed by atoms with Crippen LogP contribution >= 0.6 is 0 Å². The van der Waals surface area contributed by atoms with Gasteiger partial charge in [0.1, 0.15) is 11.9 Å². The maximum Gasteiger partial charge on any atom is 0.338 e. The van der Waals surface area contributed by atoms with Crippen molar-refractivity contribution in [3.8, 4) is 5.75 Å². The van der Waals surface area contributed by atoms with Crippen LogP contribution in [0.2, 0.25) is 0 Å². The molecule has 0 unspecified atom stereocenters. The van der Waals surface area contributed by atoms with E-state index in [4.69, 9.17) is 20.3 Å². The molecule has 0 aromatic heterocycles. The second-order valence-electron chi connectivity index (χ2n) is 3.34. The van der Waals surface area contributed by atoms with Gasteiger partial charge in [0.2, 0.25) is 0 Å². The largest absolute Gasteiger partial charge is 0.506 e. The van der Waals surface area contributed by atoms with Crippen molar-refractivity contribution >= 4 is 11.7 Å². The number of anilines is 1. The Morgan fingerprint density at radius 1 is 1.53 bits per heavy atom. The second-order valence-corrected chi connectivity index (χ2v) is 3.34. The number of aromatic hydroxyl groups is 1. The third kappa shape index (κ3) is 2.02. The first-order valence-corrected chi connectivity index (χ1v) is 4.54. The Bertz CT molecular complexity index is 387. The van der Waals surface area contributed by atoms with Gasteiger partial charge in [-0.1, -0.05) is 0 Å². The molecule has 1 aliphatic heterocycles. The maximum absolute atomic E-state index is 11.5. The van der Waals surface area contributed by atoms with Crippen LogP contribution in [-0.2, 0) is 9.47 Å². The van der Waals surface area contributed by atoms with Gasteiger partial charge in [-0.05, 0) is 18.2 Å². The van der Waals surface area contributed by atoms with Crippen molar-refractivity contribution in [2.45, 2.75) is 6.10 Å². The number of benzene rings is 1. The van der Waals surface area contributed by atoms with Crippen molar-refractivity contribution in [1.29, 1.82) is 0 Å². The first-order chi connectivity index (χ1) is 7.16. The van der Waals surface area contributed by atoms with Crippen molar-refractivity contribution < 1.29 is 19.4 Å². The molecule has 0 atom stereocenters. The molecule has 0 bridgehead atoms. The first kappa shape index (κ1) is 9.79. The lowest BCUT2D eigenvalue weighted by Crippen LogP contribution is -2.37. The normalized spacial score (nSPS) is 15.7. The molecule has 3 N–H and O–H groups in total. The lowest BCUT2D eigenvalue weighted by atomic mass is 10.2. The number of carbonyl (C=O) groups is 1. The monoisotopic (exact) mass is 209 g/mol. The molecule has 1 fully saturated rings. The lowest BCUT2D eigenvalue weighted by Gasteiger charge is -2.25. The highest BCUT2D eigenvalue weighted by molar-refractivity contribution is 5.91. The minimum Gasteiger partial charge on any atom is -0.506 e. The van der Waals surface area contributed by atoms with Crippen LogP contribution in [0.5, 0.6) is 5.75 Å². The van der Waals surface area contributed by atoms with Crippen molar-refractivity contribution in [1.82, 2.24) is 0 Å². The van der Waals surface area contributed by atoms with E-state index in [0.717, 1.165) is 0 Å². The average Bonchev–Trinajstić information content (AvgIpc) is 2.15. The van der Waals surface area contributed by atoms with Crippen molar-refractivity contribution in [3.05, 3.63) is 23.8 Å². The Hall–Kier alpha value is -1.75. The quantitative estimate of drug-likeness (QED) is 0.422. The number of nitrogen functional groups attached to an aromatic ring is 1. The molecule has 0 saturated carbocycles. The van der Waals surface area contributed by atoms with Crippen LogP contribution in [0.4, 0.5) is 5.69 Å². The average molecular weight is 209 g/mol. The number of hydrogen-bond donors (Lipinski definition) is 2. The minimum absolute atomic E-state index is 0.0430. The Kier molecular flexibility index (Phi) is 2.47. The van der Waals surface area contributed by atoms with Gasteiger partial charge in [0, 0.05) is 0 Å². The summed E-state index contributed by atoms with van der Waals surface area (Å²) < 4.78 is 9.94. The molecule has 1 aliphatic rings. The van der Waals surface area contributed by atoms with Gasteiger partial charge in [0.05, 0.1) is 24.5 Å². The summed E-state index contributed by atoms with van der Waals surface area (Å²) in [5, 5.41) is 9.17. The van der Waals surface area contributed by atoms with Crippen LogP contribution in [0.3, 0.4) is 0 Å². The molecule has 5 heteroatoms. The predicted octanol–water partition coefficient (Wildman–Crippen LogP) is 0.530. The number of nitrogens with two attached hydrogens (primary N) is 1. The standard InChI is InChI=1S/C10H11NO4/c11-8-3-6(1-2-9(8)12)10(13)15-7-4-14-5-7/h1-3,7,12H,4-5,11H2. The highest BCUT2D eigenvalue weighted by Gasteiger charge is 2.23. The molecule has 1 heterocycles. The number of phenols is 1. The van der Waals surface area contributed by atoms with E-state index in [2.05, 4.69) is 0 Å².